The number of fused-ring (bicyclic) bond motifs is 3. The van der Waals surface area contributed by atoms with Gasteiger partial charge in [-0.05, 0) is 54.9 Å². The van der Waals surface area contributed by atoms with Crippen LogP contribution in [0.25, 0.3) is 10.2 Å². The third kappa shape index (κ3) is 4.94. The van der Waals surface area contributed by atoms with Gasteiger partial charge in [-0.25, -0.2) is 4.98 Å². The fourth-order valence-electron chi connectivity index (χ4n) is 3.96. The Balaban J connectivity index is 1.33. The summed E-state index contributed by atoms with van der Waals surface area (Å²) in [6.07, 6.45) is 3.74. The number of carbonyl (C=O) groups excluding carboxylic acids is 1. The summed E-state index contributed by atoms with van der Waals surface area (Å²) >= 11 is 2.87. The first kappa shape index (κ1) is 22.7. The van der Waals surface area contributed by atoms with Crippen molar-refractivity contribution in [3.8, 4) is 11.5 Å². The summed E-state index contributed by atoms with van der Waals surface area (Å²) in [5.74, 6) is 2.09. The molecule has 0 fully saturated rings. The maximum atomic E-state index is 12.7. The molecule has 0 saturated carbocycles. The van der Waals surface area contributed by atoms with Crippen LogP contribution >= 0.6 is 23.1 Å². The first-order chi connectivity index (χ1) is 15.5. The number of thioether (sulfide) groups is 1. The van der Waals surface area contributed by atoms with Crippen LogP contribution < -0.4 is 20.3 Å². The number of aromatic nitrogens is 2. The molecule has 2 N–H and O–H groups in total. The summed E-state index contributed by atoms with van der Waals surface area (Å²) in [5.41, 5.74) is 2.11. The average molecular weight is 474 g/mol. The number of amides is 1. The molecule has 1 atom stereocenters. The number of hydrogen-bond donors (Lipinski definition) is 2. The number of carbonyl (C=O) groups is 1. The zero-order chi connectivity index (χ0) is 22.7. The zero-order valence-electron chi connectivity index (χ0n) is 18.4. The number of nitrogens with one attached hydrogen (secondary N) is 2. The molecule has 9 heteroatoms. The van der Waals surface area contributed by atoms with E-state index in [1.165, 1.54) is 22.2 Å². The van der Waals surface area contributed by atoms with Gasteiger partial charge in [0, 0.05) is 11.4 Å². The molecular weight excluding hydrogens is 446 g/mol. The highest BCUT2D eigenvalue weighted by Gasteiger charge is 2.23. The van der Waals surface area contributed by atoms with E-state index < -0.39 is 0 Å². The molecule has 3 aromatic rings. The summed E-state index contributed by atoms with van der Waals surface area (Å²) in [5, 5.41) is 4.14. The van der Waals surface area contributed by atoms with E-state index in [1.54, 1.807) is 25.6 Å². The van der Waals surface area contributed by atoms with Crippen molar-refractivity contribution in [2.24, 2.45) is 5.92 Å². The van der Waals surface area contributed by atoms with Gasteiger partial charge in [-0.1, -0.05) is 24.8 Å². The van der Waals surface area contributed by atoms with Crippen LogP contribution in [0, 0.1) is 5.92 Å². The average Bonchev–Trinajstić information content (AvgIpc) is 3.15. The first-order valence-electron chi connectivity index (χ1n) is 10.6. The number of nitrogens with zero attached hydrogens (tertiary/aromatic N) is 1. The zero-order valence-corrected chi connectivity index (χ0v) is 20.1. The molecule has 32 heavy (non-hydrogen) atoms. The number of thiophene rings is 1. The van der Waals surface area contributed by atoms with Gasteiger partial charge in [0.25, 0.3) is 5.56 Å². The standard InChI is InChI=1S/C23H27N3O4S2/c1-13-4-6-15-18(10-13)32-22-20(15)21(28)25-23(26-22)31-12-19(27)24-9-8-14-5-7-16(29-2)17(11-14)30-3/h5,7,11,13H,4,6,8-10,12H2,1-3H3,(H,24,27)(H,25,26,28). The molecule has 0 spiro atoms. The summed E-state index contributed by atoms with van der Waals surface area (Å²) < 4.78 is 10.6. The van der Waals surface area contributed by atoms with E-state index >= 15 is 0 Å². The van der Waals surface area contributed by atoms with Crippen LogP contribution in [0.1, 0.15) is 29.3 Å². The number of rotatable bonds is 8. The minimum atomic E-state index is -0.0995. The lowest BCUT2D eigenvalue weighted by molar-refractivity contribution is -0.118. The Morgan fingerprint density at radius 1 is 1.31 bits per heavy atom. The Morgan fingerprint density at radius 2 is 2.12 bits per heavy atom. The largest absolute Gasteiger partial charge is 0.493 e. The Labute approximate surface area is 194 Å². The molecule has 0 saturated heterocycles. The van der Waals surface area contributed by atoms with Crippen molar-refractivity contribution in [1.82, 2.24) is 15.3 Å². The SMILES string of the molecule is COc1ccc(CCNC(=O)CSc2nc3sc4c(c3c(=O)[nH]2)CCC(C)C4)cc1OC. The van der Waals surface area contributed by atoms with E-state index in [1.807, 2.05) is 18.2 Å². The molecule has 4 rings (SSSR count). The van der Waals surface area contributed by atoms with Crippen LogP contribution in [-0.2, 0) is 24.1 Å². The number of ether oxygens (including phenoxy) is 2. The lowest BCUT2D eigenvalue weighted by Gasteiger charge is -2.17. The third-order valence-electron chi connectivity index (χ3n) is 5.67. The molecule has 1 aliphatic rings. The van der Waals surface area contributed by atoms with E-state index in [0.29, 0.717) is 35.5 Å². The molecule has 170 valence electrons. The number of benzene rings is 1. The Morgan fingerprint density at radius 3 is 2.91 bits per heavy atom. The van der Waals surface area contributed by atoms with E-state index in [9.17, 15) is 9.59 Å². The van der Waals surface area contributed by atoms with Crippen molar-refractivity contribution in [3.05, 3.63) is 44.6 Å². The number of aromatic amines is 1. The Hall–Kier alpha value is -2.52. The molecule has 0 aliphatic heterocycles. The van der Waals surface area contributed by atoms with Gasteiger partial charge in [0.2, 0.25) is 5.91 Å². The summed E-state index contributed by atoms with van der Waals surface area (Å²) in [6, 6.07) is 5.71. The lowest BCUT2D eigenvalue weighted by Crippen LogP contribution is -2.27. The minimum absolute atomic E-state index is 0.0987. The van der Waals surface area contributed by atoms with Crippen molar-refractivity contribution in [2.75, 3.05) is 26.5 Å². The van der Waals surface area contributed by atoms with Gasteiger partial charge < -0.3 is 19.8 Å². The van der Waals surface area contributed by atoms with Crippen molar-refractivity contribution in [1.29, 1.82) is 0 Å². The Kier molecular flexibility index (Phi) is 7.05. The van der Waals surface area contributed by atoms with Gasteiger partial charge in [0.1, 0.15) is 4.83 Å². The molecule has 0 radical (unpaired) electrons. The molecule has 0 bridgehead atoms. The topological polar surface area (TPSA) is 93.3 Å². The monoisotopic (exact) mass is 473 g/mol. The highest BCUT2D eigenvalue weighted by Crippen LogP contribution is 2.36. The van der Waals surface area contributed by atoms with E-state index in [4.69, 9.17) is 9.47 Å². The summed E-state index contributed by atoms with van der Waals surface area (Å²) in [7, 11) is 3.20. The van der Waals surface area contributed by atoms with E-state index in [0.717, 1.165) is 35.0 Å². The number of H-pyrrole nitrogens is 1. The number of methoxy groups -OCH3 is 2. The lowest BCUT2D eigenvalue weighted by atomic mass is 9.89. The van der Waals surface area contributed by atoms with Crippen molar-refractivity contribution >= 4 is 39.2 Å². The number of hydrogen-bond acceptors (Lipinski definition) is 7. The normalized spacial score (nSPS) is 15.4. The van der Waals surface area contributed by atoms with Crippen LogP contribution in [-0.4, -0.2) is 42.4 Å². The van der Waals surface area contributed by atoms with Crippen LogP contribution in [0.4, 0.5) is 0 Å². The highest BCUT2D eigenvalue weighted by atomic mass is 32.2. The van der Waals surface area contributed by atoms with Crippen LogP contribution in [0.2, 0.25) is 0 Å². The maximum absolute atomic E-state index is 12.7. The third-order valence-corrected chi connectivity index (χ3v) is 7.69. The molecule has 1 aliphatic carbocycles. The smallest absolute Gasteiger partial charge is 0.260 e. The van der Waals surface area contributed by atoms with Gasteiger partial charge in [0.15, 0.2) is 16.7 Å². The second-order valence-corrected chi connectivity index (χ2v) is 10.0. The molecule has 1 aromatic carbocycles. The Bertz CT molecular complexity index is 1190. The quantitative estimate of drug-likeness (QED) is 0.384. The van der Waals surface area contributed by atoms with E-state index in [2.05, 4.69) is 22.2 Å². The molecule has 1 amide bonds. The first-order valence-corrected chi connectivity index (χ1v) is 12.4. The fourth-order valence-corrected chi connectivity index (χ4v) is 6.10. The number of aryl methyl sites for hydroxylation is 1. The maximum Gasteiger partial charge on any atom is 0.260 e. The predicted molar refractivity (Wildman–Crippen MR) is 128 cm³/mol. The van der Waals surface area contributed by atoms with Crippen LogP contribution in [0.5, 0.6) is 11.5 Å². The molecule has 2 heterocycles. The summed E-state index contributed by atoms with van der Waals surface area (Å²) in [4.78, 5) is 34.5. The van der Waals surface area contributed by atoms with Crippen molar-refractivity contribution in [2.45, 2.75) is 37.8 Å². The highest BCUT2D eigenvalue weighted by molar-refractivity contribution is 7.99. The van der Waals surface area contributed by atoms with Crippen LogP contribution in [0.3, 0.4) is 0 Å². The molecule has 2 aromatic heterocycles. The van der Waals surface area contributed by atoms with Gasteiger partial charge >= 0.3 is 0 Å². The second kappa shape index (κ2) is 9.95. The summed E-state index contributed by atoms with van der Waals surface area (Å²) in [6.45, 7) is 2.75. The van der Waals surface area contributed by atoms with E-state index in [-0.39, 0.29) is 17.2 Å². The van der Waals surface area contributed by atoms with Crippen molar-refractivity contribution < 1.29 is 14.3 Å². The predicted octanol–water partition coefficient (Wildman–Crippen LogP) is 3.58. The van der Waals surface area contributed by atoms with Crippen LogP contribution in [0.15, 0.2) is 28.2 Å². The van der Waals surface area contributed by atoms with Gasteiger partial charge in [-0.2, -0.15) is 0 Å². The molecular formula is C23H27N3O4S2. The molecule has 1 unspecified atom stereocenters. The second-order valence-electron chi connectivity index (χ2n) is 7.98. The van der Waals surface area contributed by atoms with Gasteiger partial charge in [-0.15, -0.1) is 11.3 Å². The van der Waals surface area contributed by atoms with Crippen molar-refractivity contribution in [3.63, 3.8) is 0 Å². The van der Waals surface area contributed by atoms with Gasteiger partial charge in [-0.3, -0.25) is 9.59 Å². The molecule has 7 nitrogen and oxygen atoms in total. The minimum Gasteiger partial charge on any atom is -0.493 e. The fraction of sp³-hybridized carbons (Fsp3) is 0.435. The van der Waals surface area contributed by atoms with Gasteiger partial charge in [0.05, 0.1) is 25.4 Å².